The molecule has 0 bridgehead atoms. The SMILES string of the molecule is COC(=O)C(OC)OC(=O)CCC(=O)OC(C)C(C)=O. The maximum atomic E-state index is 11.4. The van der Waals surface area contributed by atoms with Crippen molar-refractivity contribution in [1.29, 1.82) is 0 Å². The van der Waals surface area contributed by atoms with Gasteiger partial charge in [-0.05, 0) is 13.8 Å². The van der Waals surface area contributed by atoms with Gasteiger partial charge in [-0.1, -0.05) is 0 Å². The molecule has 0 saturated heterocycles. The monoisotopic (exact) mass is 290 g/mol. The van der Waals surface area contributed by atoms with Gasteiger partial charge in [0, 0.05) is 7.11 Å². The highest BCUT2D eigenvalue weighted by atomic mass is 16.7. The van der Waals surface area contributed by atoms with Crippen molar-refractivity contribution in [2.45, 2.75) is 39.1 Å². The highest BCUT2D eigenvalue weighted by Gasteiger charge is 2.24. The Hall–Kier alpha value is -1.96. The van der Waals surface area contributed by atoms with Gasteiger partial charge < -0.3 is 18.9 Å². The number of hydrogen-bond donors (Lipinski definition) is 0. The Morgan fingerprint density at radius 2 is 1.45 bits per heavy atom. The topological polar surface area (TPSA) is 105 Å². The summed E-state index contributed by atoms with van der Waals surface area (Å²) in [6.45, 7) is 2.71. The zero-order valence-corrected chi connectivity index (χ0v) is 11.8. The van der Waals surface area contributed by atoms with E-state index in [1.807, 2.05) is 0 Å². The summed E-state index contributed by atoms with van der Waals surface area (Å²) in [5, 5.41) is 0. The summed E-state index contributed by atoms with van der Waals surface area (Å²) in [6, 6.07) is 0. The van der Waals surface area contributed by atoms with E-state index in [-0.39, 0.29) is 18.6 Å². The summed E-state index contributed by atoms with van der Waals surface area (Å²) in [7, 11) is 2.28. The van der Waals surface area contributed by atoms with Crippen LogP contribution in [0.1, 0.15) is 26.7 Å². The van der Waals surface area contributed by atoms with Crippen LogP contribution in [0.15, 0.2) is 0 Å². The number of hydrogen-bond acceptors (Lipinski definition) is 8. The van der Waals surface area contributed by atoms with E-state index in [0.29, 0.717) is 0 Å². The molecule has 0 saturated carbocycles. The molecule has 0 aliphatic rings. The second-order valence-electron chi connectivity index (χ2n) is 3.82. The zero-order chi connectivity index (χ0) is 15.7. The van der Waals surface area contributed by atoms with Crippen molar-refractivity contribution in [3.05, 3.63) is 0 Å². The largest absolute Gasteiger partial charge is 0.464 e. The number of rotatable bonds is 8. The Morgan fingerprint density at radius 3 is 1.85 bits per heavy atom. The molecule has 0 N–H and O–H groups in total. The van der Waals surface area contributed by atoms with Crippen molar-refractivity contribution < 1.29 is 38.1 Å². The number of esters is 3. The highest BCUT2D eigenvalue weighted by molar-refractivity contribution is 5.84. The zero-order valence-electron chi connectivity index (χ0n) is 11.8. The Balaban J connectivity index is 4.13. The van der Waals surface area contributed by atoms with Crippen LogP contribution < -0.4 is 0 Å². The van der Waals surface area contributed by atoms with Crippen molar-refractivity contribution in [1.82, 2.24) is 0 Å². The molecule has 0 radical (unpaired) electrons. The quantitative estimate of drug-likeness (QED) is 0.349. The van der Waals surface area contributed by atoms with Crippen molar-refractivity contribution in [3.63, 3.8) is 0 Å². The maximum absolute atomic E-state index is 11.4. The van der Waals surface area contributed by atoms with Gasteiger partial charge in [0.25, 0.3) is 0 Å². The predicted molar refractivity (Wildman–Crippen MR) is 64.4 cm³/mol. The normalized spacial score (nSPS) is 13.0. The first kappa shape index (κ1) is 18.0. The van der Waals surface area contributed by atoms with E-state index >= 15 is 0 Å². The van der Waals surface area contributed by atoms with Crippen molar-refractivity contribution >= 4 is 23.7 Å². The maximum Gasteiger partial charge on any atom is 0.376 e. The van der Waals surface area contributed by atoms with E-state index in [0.717, 1.165) is 14.2 Å². The van der Waals surface area contributed by atoms with E-state index in [4.69, 9.17) is 4.74 Å². The van der Waals surface area contributed by atoms with Crippen LogP contribution in [-0.4, -0.2) is 50.3 Å². The molecule has 0 heterocycles. The molecule has 2 unspecified atom stereocenters. The first-order chi connectivity index (χ1) is 9.31. The highest BCUT2D eigenvalue weighted by Crippen LogP contribution is 2.04. The molecule has 114 valence electrons. The molecular weight excluding hydrogens is 272 g/mol. The fraction of sp³-hybridized carbons (Fsp3) is 0.667. The summed E-state index contributed by atoms with van der Waals surface area (Å²) < 4.78 is 18.3. The molecule has 8 heteroatoms. The van der Waals surface area contributed by atoms with Gasteiger partial charge in [-0.3, -0.25) is 14.4 Å². The van der Waals surface area contributed by atoms with Gasteiger partial charge >= 0.3 is 24.2 Å². The van der Waals surface area contributed by atoms with Crippen LogP contribution in [0.25, 0.3) is 0 Å². The summed E-state index contributed by atoms with van der Waals surface area (Å²) in [5.41, 5.74) is 0. The second kappa shape index (κ2) is 9.03. The fourth-order valence-corrected chi connectivity index (χ4v) is 1.01. The molecule has 0 rings (SSSR count). The summed E-state index contributed by atoms with van der Waals surface area (Å²) in [4.78, 5) is 44.6. The molecule has 0 spiro atoms. The Bertz CT molecular complexity index is 376. The fourth-order valence-electron chi connectivity index (χ4n) is 1.01. The van der Waals surface area contributed by atoms with E-state index in [2.05, 4.69) is 14.2 Å². The van der Waals surface area contributed by atoms with Crippen LogP contribution >= 0.6 is 0 Å². The smallest absolute Gasteiger partial charge is 0.376 e. The standard InChI is InChI=1S/C12H18O8/c1-7(13)8(2)19-9(14)5-6-10(15)20-12(18-4)11(16)17-3/h8,12H,5-6H2,1-4H3. The first-order valence-corrected chi connectivity index (χ1v) is 5.81. The Labute approximate surface area is 116 Å². The van der Waals surface area contributed by atoms with Crippen LogP contribution in [0.2, 0.25) is 0 Å². The summed E-state index contributed by atoms with van der Waals surface area (Å²) in [6.07, 6.45) is -2.91. The average molecular weight is 290 g/mol. The molecule has 0 aliphatic carbocycles. The van der Waals surface area contributed by atoms with Gasteiger partial charge in [0.15, 0.2) is 11.9 Å². The lowest BCUT2D eigenvalue weighted by Gasteiger charge is -2.13. The number of methoxy groups -OCH3 is 2. The van der Waals surface area contributed by atoms with Gasteiger partial charge in [0.1, 0.15) is 0 Å². The predicted octanol–water partition coefficient (Wildman–Crippen LogP) is -0.0240. The molecule has 0 aromatic carbocycles. The third-order valence-corrected chi connectivity index (χ3v) is 2.26. The van der Waals surface area contributed by atoms with Crippen LogP contribution in [0, 0.1) is 0 Å². The lowest BCUT2D eigenvalue weighted by molar-refractivity contribution is -0.194. The summed E-state index contributed by atoms with van der Waals surface area (Å²) in [5.74, 6) is -2.70. The van der Waals surface area contributed by atoms with Crippen molar-refractivity contribution in [2.75, 3.05) is 14.2 Å². The van der Waals surface area contributed by atoms with E-state index in [1.165, 1.54) is 13.8 Å². The van der Waals surface area contributed by atoms with Crippen LogP contribution in [0.5, 0.6) is 0 Å². The van der Waals surface area contributed by atoms with E-state index < -0.39 is 30.3 Å². The molecule has 20 heavy (non-hydrogen) atoms. The number of ether oxygens (including phenoxy) is 4. The van der Waals surface area contributed by atoms with Gasteiger partial charge in [-0.25, -0.2) is 4.79 Å². The average Bonchev–Trinajstić information content (AvgIpc) is 2.41. The number of carbonyl (C=O) groups is 4. The Morgan fingerprint density at radius 1 is 0.950 bits per heavy atom. The molecule has 2 atom stereocenters. The molecule has 8 nitrogen and oxygen atoms in total. The number of Topliss-reactive ketones (excluding diaryl/α,β-unsaturated/α-hetero) is 1. The molecule has 0 aromatic heterocycles. The van der Waals surface area contributed by atoms with E-state index in [1.54, 1.807) is 0 Å². The van der Waals surface area contributed by atoms with Crippen LogP contribution in [0.4, 0.5) is 0 Å². The Kier molecular flexibility index (Phi) is 8.14. The van der Waals surface area contributed by atoms with Crippen molar-refractivity contribution in [3.8, 4) is 0 Å². The molecular formula is C12H18O8. The van der Waals surface area contributed by atoms with Gasteiger partial charge in [-0.15, -0.1) is 0 Å². The van der Waals surface area contributed by atoms with Crippen molar-refractivity contribution in [2.24, 2.45) is 0 Å². The number of carbonyl (C=O) groups excluding carboxylic acids is 4. The minimum absolute atomic E-state index is 0.270. The molecule has 0 fully saturated rings. The lowest BCUT2D eigenvalue weighted by atomic mass is 10.3. The summed E-state index contributed by atoms with van der Waals surface area (Å²) >= 11 is 0. The molecule has 0 aromatic rings. The lowest BCUT2D eigenvalue weighted by Crippen LogP contribution is -2.30. The molecule has 0 aliphatic heterocycles. The minimum Gasteiger partial charge on any atom is -0.464 e. The van der Waals surface area contributed by atoms with Crippen LogP contribution in [0.3, 0.4) is 0 Å². The second-order valence-corrected chi connectivity index (χ2v) is 3.82. The van der Waals surface area contributed by atoms with E-state index in [9.17, 15) is 19.2 Å². The van der Waals surface area contributed by atoms with Gasteiger partial charge in [0.05, 0.1) is 20.0 Å². The third-order valence-electron chi connectivity index (χ3n) is 2.26. The van der Waals surface area contributed by atoms with Gasteiger partial charge in [0.2, 0.25) is 0 Å². The van der Waals surface area contributed by atoms with Gasteiger partial charge in [-0.2, -0.15) is 0 Å². The number of ketones is 1. The first-order valence-electron chi connectivity index (χ1n) is 5.81. The minimum atomic E-state index is -1.47. The third kappa shape index (κ3) is 6.83. The van der Waals surface area contributed by atoms with Crippen LogP contribution in [-0.2, 0) is 38.1 Å². The molecule has 0 amide bonds.